The summed E-state index contributed by atoms with van der Waals surface area (Å²) in [5, 5.41) is 12.0. The van der Waals surface area contributed by atoms with Gasteiger partial charge in [-0.2, -0.15) is 0 Å². The molecule has 0 aromatic heterocycles. The van der Waals surface area contributed by atoms with Crippen LogP contribution in [0.5, 0.6) is 0 Å². The van der Waals surface area contributed by atoms with E-state index in [4.69, 9.17) is 16.7 Å². The van der Waals surface area contributed by atoms with Crippen LogP contribution in [0.2, 0.25) is 5.02 Å². The highest BCUT2D eigenvalue weighted by atomic mass is 35.5. The van der Waals surface area contributed by atoms with Crippen LogP contribution >= 0.6 is 11.6 Å². The number of halogens is 1. The molecule has 0 bridgehead atoms. The van der Waals surface area contributed by atoms with Crippen LogP contribution in [0, 0.1) is 0 Å². The smallest absolute Gasteiger partial charge is 0.307 e. The van der Waals surface area contributed by atoms with E-state index >= 15 is 0 Å². The molecule has 0 aliphatic heterocycles. The number of carbonyl (C=O) groups is 2. The first-order valence-electron chi connectivity index (χ1n) is 8.00. The highest BCUT2D eigenvalue weighted by Crippen LogP contribution is 2.26. The van der Waals surface area contributed by atoms with Gasteiger partial charge < -0.3 is 10.4 Å². The van der Waals surface area contributed by atoms with Gasteiger partial charge in [0, 0.05) is 5.69 Å². The maximum absolute atomic E-state index is 12.6. The summed E-state index contributed by atoms with van der Waals surface area (Å²) in [7, 11) is 0. The lowest BCUT2D eigenvalue weighted by Gasteiger charge is -2.10. The van der Waals surface area contributed by atoms with E-state index < -0.39 is 5.97 Å². The van der Waals surface area contributed by atoms with E-state index in [1.807, 2.05) is 36.4 Å². The predicted molar refractivity (Wildman–Crippen MR) is 103 cm³/mol. The number of hydrogen-bond donors (Lipinski definition) is 2. The maximum Gasteiger partial charge on any atom is 0.307 e. The summed E-state index contributed by atoms with van der Waals surface area (Å²) in [5.74, 6) is -1.27. The van der Waals surface area contributed by atoms with Gasteiger partial charge in [0.2, 0.25) is 0 Å². The van der Waals surface area contributed by atoms with Crippen molar-refractivity contribution in [2.24, 2.45) is 0 Å². The number of hydrogen-bond acceptors (Lipinski definition) is 2. The first-order chi connectivity index (χ1) is 12.5. The van der Waals surface area contributed by atoms with Crippen LogP contribution < -0.4 is 5.32 Å². The topological polar surface area (TPSA) is 66.4 Å². The molecule has 1 amide bonds. The summed E-state index contributed by atoms with van der Waals surface area (Å²) in [6.45, 7) is 0. The second kappa shape index (κ2) is 7.85. The fraction of sp³-hybridized carbons (Fsp3) is 0.0476. The molecule has 5 heteroatoms. The van der Waals surface area contributed by atoms with Gasteiger partial charge in [-0.05, 0) is 41.0 Å². The molecule has 0 spiro atoms. The molecule has 130 valence electrons. The van der Waals surface area contributed by atoms with Gasteiger partial charge in [0.05, 0.1) is 17.0 Å². The summed E-state index contributed by atoms with van der Waals surface area (Å²) in [4.78, 5) is 23.5. The van der Waals surface area contributed by atoms with Crippen LogP contribution in [-0.4, -0.2) is 17.0 Å². The van der Waals surface area contributed by atoms with Crippen molar-refractivity contribution in [3.8, 4) is 11.1 Å². The number of benzene rings is 3. The molecule has 2 N–H and O–H groups in total. The highest BCUT2D eigenvalue weighted by Gasteiger charge is 2.13. The lowest BCUT2D eigenvalue weighted by atomic mass is 10.0. The Bertz CT molecular complexity index is 954. The fourth-order valence-corrected chi connectivity index (χ4v) is 2.84. The van der Waals surface area contributed by atoms with Crippen molar-refractivity contribution >= 4 is 29.2 Å². The molecular weight excluding hydrogens is 350 g/mol. The number of aliphatic carboxylic acids is 1. The molecule has 3 rings (SSSR count). The normalized spacial score (nSPS) is 10.3. The lowest BCUT2D eigenvalue weighted by molar-refractivity contribution is -0.136. The van der Waals surface area contributed by atoms with Crippen LogP contribution in [0.15, 0.2) is 72.8 Å². The number of nitrogens with one attached hydrogen (secondary N) is 1. The van der Waals surface area contributed by atoms with Crippen molar-refractivity contribution in [3.63, 3.8) is 0 Å². The standard InChI is InChI=1S/C21H16ClNO3/c22-19-10-9-16(15-6-2-1-3-7-15)13-18(19)21(26)23-17-8-4-5-14(11-17)12-20(24)25/h1-11,13H,12H2,(H,23,26)(H,24,25). The van der Waals surface area contributed by atoms with Gasteiger partial charge in [0.1, 0.15) is 0 Å². The van der Waals surface area contributed by atoms with Gasteiger partial charge in [-0.3, -0.25) is 9.59 Å². The van der Waals surface area contributed by atoms with Crippen molar-refractivity contribution in [3.05, 3.63) is 88.9 Å². The SMILES string of the molecule is O=C(O)Cc1cccc(NC(=O)c2cc(-c3ccccc3)ccc2Cl)c1. The third-order valence-electron chi connectivity index (χ3n) is 3.86. The number of anilines is 1. The first-order valence-corrected chi connectivity index (χ1v) is 8.38. The van der Waals surface area contributed by atoms with Crippen molar-refractivity contribution in [1.29, 1.82) is 0 Å². The van der Waals surface area contributed by atoms with Crippen LogP contribution in [0.4, 0.5) is 5.69 Å². The third-order valence-corrected chi connectivity index (χ3v) is 4.19. The van der Waals surface area contributed by atoms with Crippen LogP contribution in [0.3, 0.4) is 0 Å². The molecule has 26 heavy (non-hydrogen) atoms. The van der Waals surface area contributed by atoms with Gasteiger partial charge in [0.25, 0.3) is 5.91 Å². The molecule has 0 saturated carbocycles. The van der Waals surface area contributed by atoms with Gasteiger partial charge >= 0.3 is 5.97 Å². The predicted octanol–water partition coefficient (Wildman–Crippen LogP) is 4.89. The van der Waals surface area contributed by atoms with Crippen LogP contribution in [-0.2, 0) is 11.2 Å². The average Bonchev–Trinajstić information content (AvgIpc) is 2.62. The summed E-state index contributed by atoms with van der Waals surface area (Å²) in [6.07, 6.45) is -0.103. The summed E-state index contributed by atoms with van der Waals surface area (Å²) < 4.78 is 0. The number of amides is 1. The second-order valence-corrected chi connectivity index (χ2v) is 6.19. The molecule has 0 aliphatic rings. The van der Waals surface area contributed by atoms with E-state index in [1.54, 1.807) is 36.4 Å². The van der Waals surface area contributed by atoms with E-state index in [0.717, 1.165) is 11.1 Å². The zero-order valence-electron chi connectivity index (χ0n) is 13.8. The van der Waals surface area contributed by atoms with Crippen molar-refractivity contribution in [1.82, 2.24) is 0 Å². The van der Waals surface area contributed by atoms with E-state index in [-0.39, 0.29) is 12.3 Å². The quantitative estimate of drug-likeness (QED) is 0.676. The highest BCUT2D eigenvalue weighted by molar-refractivity contribution is 6.34. The summed E-state index contributed by atoms with van der Waals surface area (Å²) in [5.41, 5.74) is 3.37. The number of carboxylic acids is 1. The van der Waals surface area contributed by atoms with Crippen LogP contribution in [0.1, 0.15) is 15.9 Å². The number of carboxylic acid groups (broad SMARTS) is 1. The van der Waals surface area contributed by atoms with Crippen LogP contribution in [0.25, 0.3) is 11.1 Å². The molecule has 3 aromatic rings. The van der Waals surface area contributed by atoms with Gasteiger partial charge in [-0.25, -0.2) is 0 Å². The van der Waals surface area contributed by atoms with E-state index in [1.165, 1.54) is 0 Å². The molecule has 0 unspecified atom stereocenters. The minimum absolute atomic E-state index is 0.103. The zero-order valence-corrected chi connectivity index (χ0v) is 14.5. The largest absolute Gasteiger partial charge is 0.481 e. The van der Waals surface area contributed by atoms with E-state index in [9.17, 15) is 9.59 Å². The van der Waals surface area contributed by atoms with E-state index in [0.29, 0.717) is 21.8 Å². The Labute approximate surface area is 156 Å². The third kappa shape index (κ3) is 4.29. The van der Waals surface area contributed by atoms with Gasteiger partial charge in [-0.1, -0.05) is 60.1 Å². The Kier molecular flexibility index (Phi) is 5.34. The molecule has 0 saturated heterocycles. The Morgan fingerprint density at radius 2 is 1.65 bits per heavy atom. The van der Waals surface area contributed by atoms with Crippen molar-refractivity contribution in [2.75, 3.05) is 5.32 Å². The maximum atomic E-state index is 12.6. The number of carbonyl (C=O) groups excluding carboxylic acids is 1. The molecule has 0 aliphatic carbocycles. The minimum atomic E-state index is -0.924. The first kappa shape index (κ1) is 17.7. The molecule has 0 atom stereocenters. The molecule has 4 nitrogen and oxygen atoms in total. The number of rotatable bonds is 5. The van der Waals surface area contributed by atoms with Gasteiger partial charge in [-0.15, -0.1) is 0 Å². The average molecular weight is 366 g/mol. The summed E-state index contributed by atoms with van der Waals surface area (Å²) in [6, 6.07) is 21.8. The minimum Gasteiger partial charge on any atom is -0.481 e. The molecule has 0 radical (unpaired) electrons. The zero-order chi connectivity index (χ0) is 18.5. The van der Waals surface area contributed by atoms with Crippen molar-refractivity contribution in [2.45, 2.75) is 6.42 Å². The Balaban J connectivity index is 1.85. The monoisotopic (exact) mass is 365 g/mol. The Morgan fingerprint density at radius 1 is 0.885 bits per heavy atom. The van der Waals surface area contributed by atoms with Crippen molar-refractivity contribution < 1.29 is 14.7 Å². The Morgan fingerprint density at radius 3 is 2.38 bits per heavy atom. The fourth-order valence-electron chi connectivity index (χ4n) is 2.64. The molecular formula is C21H16ClNO3. The Hall–Kier alpha value is -3.11. The van der Waals surface area contributed by atoms with Gasteiger partial charge in [0.15, 0.2) is 0 Å². The summed E-state index contributed by atoms with van der Waals surface area (Å²) >= 11 is 6.21. The molecule has 0 fully saturated rings. The lowest BCUT2D eigenvalue weighted by Crippen LogP contribution is -2.13. The second-order valence-electron chi connectivity index (χ2n) is 5.79. The van der Waals surface area contributed by atoms with E-state index in [2.05, 4.69) is 5.32 Å². The molecule has 0 heterocycles. The molecule has 3 aromatic carbocycles.